The summed E-state index contributed by atoms with van der Waals surface area (Å²) < 4.78 is 44.2. The van der Waals surface area contributed by atoms with Gasteiger partial charge in [0.05, 0.1) is 6.26 Å². The van der Waals surface area contributed by atoms with E-state index in [0.29, 0.717) is 22.9 Å². The Bertz CT molecular complexity index is 956. The Labute approximate surface area is 137 Å². The van der Waals surface area contributed by atoms with Crippen LogP contribution < -0.4 is 9.46 Å². The summed E-state index contributed by atoms with van der Waals surface area (Å²) in [5.74, 6) is 0.397. The number of rotatable bonds is 6. The molecule has 0 amide bonds. The fourth-order valence-electron chi connectivity index (χ4n) is 2.01. The van der Waals surface area contributed by atoms with Crippen molar-refractivity contribution in [1.29, 1.82) is 0 Å². The van der Waals surface area contributed by atoms with Crippen LogP contribution >= 0.6 is 0 Å². The van der Waals surface area contributed by atoms with Gasteiger partial charge in [-0.15, -0.1) is 15.3 Å². The van der Waals surface area contributed by atoms with Crippen LogP contribution in [0.4, 0.5) is 4.39 Å². The van der Waals surface area contributed by atoms with Crippen LogP contribution in [0.15, 0.2) is 36.4 Å². The second-order valence-electron chi connectivity index (χ2n) is 4.99. The summed E-state index contributed by atoms with van der Waals surface area (Å²) >= 11 is 0. The first-order valence-corrected chi connectivity index (χ1v) is 8.87. The fourth-order valence-corrected chi connectivity index (χ4v) is 2.46. The molecule has 1 N–H and O–H groups in total. The molecule has 0 unspecified atom stereocenters. The average molecular weight is 351 g/mol. The molecule has 0 saturated carbocycles. The van der Waals surface area contributed by atoms with E-state index in [-0.39, 0.29) is 19.0 Å². The molecular formula is C14H14FN5O3S. The highest BCUT2D eigenvalue weighted by Crippen LogP contribution is 2.19. The van der Waals surface area contributed by atoms with Crippen molar-refractivity contribution in [3.05, 3.63) is 42.2 Å². The number of ether oxygens (including phenoxy) is 1. The Hall–Kier alpha value is -2.59. The number of hydrogen-bond acceptors (Lipinski definition) is 6. The second kappa shape index (κ2) is 6.49. The highest BCUT2D eigenvalue weighted by molar-refractivity contribution is 7.88. The minimum atomic E-state index is -3.26. The molecule has 1 aromatic carbocycles. The van der Waals surface area contributed by atoms with Crippen LogP contribution in [0.3, 0.4) is 0 Å². The van der Waals surface area contributed by atoms with Gasteiger partial charge in [-0.3, -0.25) is 0 Å². The SMILES string of the molecule is CS(=O)(=O)NCCOc1ccc2nnc(-c3ccc(F)cc3)n2n1. The first-order chi connectivity index (χ1) is 11.4. The van der Waals surface area contributed by atoms with Gasteiger partial charge >= 0.3 is 0 Å². The maximum atomic E-state index is 13.0. The number of fused-ring (bicyclic) bond motifs is 1. The predicted molar refractivity (Wildman–Crippen MR) is 84.5 cm³/mol. The molecule has 10 heteroatoms. The average Bonchev–Trinajstić information content (AvgIpc) is 2.95. The number of hydrogen-bond donors (Lipinski definition) is 1. The highest BCUT2D eigenvalue weighted by atomic mass is 32.2. The van der Waals surface area contributed by atoms with E-state index in [1.165, 1.54) is 16.6 Å². The summed E-state index contributed by atoms with van der Waals surface area (Å²) in [7, 11) is -3.26. The first kappa shape index (κ1) is 16.3. The molecule has 0 atom stereocenters. The lowest BCUT2D eigenvalue weighted by Gasteiger charge is -2.06. The molecule has 3 aromatic rings. The second-order valence-corrected chi connectivity index (χ2v) is 6.82. The van der Waals surface area contributed by atoms with Crippen molar-refractivity contribution in [3.63, 3.8) is 0 Å². The summed E-state index contributed by atoms with van der Waals surface area (Å²) in [6, 6.07) is 9.10. The van der Waals surface area contributed by atoms with E-state index in [0.717, 1.165) is 6.26 Å². The molecule has 2 aromatic heterocycles. The first-order valence-electron chi connectivity index (χ1n) is 6.98. The summed E-state index contributed by atoms with van der Waals surface area (Å²) in [4.78, 5) is 0. The minimum Gasteiger partial charge on any atom is -0.475 e. The molecular weight excluding hydrogens is 337 g/mol. The van der Waals surface area contributed by atoms with E-state index in [1.54, 1.807) is 24.3 Å². The number of nitrogens with one attached hydrogen (secondary N) is 1. The Morgan fingerprint density at radius 1 is 1.17 bits per heavy atom. The van der Waals surface area contributed by atoms with Crippen molar-refractivity contribution in [2.24, 2.45) is 0 Å². The van der Waals surface area contributed by atoms with E-state index in [2.05, 4.69) is 20.0 Å². The molecule has 8 nitrogen and oxygen atoms in total. The molecule has 0 saturated heterocycles. The highest BCUT2D eigenvalue weighted by Gasteiger charge is 2.10. The van der Waals surface area contributed by atoms with Crippen molar-refractivity contribution in [2.75, 3.05) is 19.4 Å². The van der Waals surface area contributed by atoms with Gasteiger partial charge in [0.1, 0.15) is 12.4 Å². The molecule has 0 aliphatic rings. The topological polar surface area (TPSA) is 98.5 Å². The van der Waals surface area contributed by atoms with Gasteiger partial charge < -0.3 is 4.74 Å². The Balaban J connectivity index is 1.79. The van der Waals surface area contributed by atoms with Crippen molar-refractivity contribution in [2.45, 2.75) is 0 Å². The summed E-state index contributed by atoms with van der Waals surface area (Å²) in [6.45, 7) is 0.255. The van der Waals surface area contributed by atoms with Gasteiger partial charge in [0, 0.05) is 18.2 Å². The minimum absolute atomic E-state index is 0.125. The predicted octanol–water partition coefficient (Wildman–Crippen LogP) is 0.858. The largest absolute Gasteiger partial charge is 0.475 e. The van der Waals surface area contributed by atoms with Crippen molar-refractivity contribution < 1.29 is 17.5 Å². The van der Waals surface area contributed by atoms with E-state index in [4.69, 9.17) is 4.74 Å². The van der Waals surface area contributed by atoms with Gasteiger partial charge in [-0.2, -0.15) is 4.52 Å². The quantitative estimate of drug-likeness (QED) is 0.662. The third kappa shape index (κ3) is 3.84. The molecule has 0 spiro atoms. The van der Waals surface area contributed by atoms with Crippen LogP contribution in [0.1, 0.15) is 0 Å². The Morgan fingerprint density at radius 2 is 1.92 bits per heavy atom. The summed E-state index contributed by atoms with van der Waals surface area (Å²) in [5, 5.41) is 12.3. The number of benzene rings is 1. The summed E-state index contributed by atoms with van der Waals surface area (Å²) in [5.41, 5.74) is 1.17. The normalized spacial score (nSPS) is 11.8. The monoisotopic (exact) mass is 351 g/mol. The molecule has 3 rings (SSSR count). The van der Waals surface area contributed by atoms with Crippen LogP contribution in [0, 0.1) is 5.82 Å². The molecule has 0 aliphatic heterocycles. The maximum absolute atomic E-state index is 13.0. The summed E-state index contributed by atoms with van der Waals surface area (Å²) in [6.07, 6.45) is 1.07. The molecule has 0 radical (unpaired) electrons. The van der Waals surface area contributed by atoms with Gasteiger partial charge in [0.25, 0.3) is 0 Å². The van der Waals surface area contributed by atoms with Gasteiger partial charge in [-0.1, -0.05) is 0 Å². The Kier molecular flexibility index (Phi) is 4.40. The molecule has 24 heavy (non-hydrogen) atoms. The number of nitrogens with zero attached hydrogens (tertiary/aromatic N) is 4. The lowest BCUT2D eigenvalue weighted by atomic mass is 10.2. The van der Waals surface area contributed by atoms with Crippen molar-refractivity contribution in [1.82, 2.24) is 24.5 Å². The zero-order chi connectivity index (χ0) is 17.2. The molecule has 0 aliphatic carbocycles. The van der Waals surface area contributed by atoms with E-state index < -0.39 is 10.0 Å². The Morgan fingerprint density at radius 3 is 2.62 bits per heavy atom. The van der Waals surface area contributed by atoms with E-state index in [9.17, 15) is 12.8 Å². The third-order valence-corrected chi connectivity index (χ3v) is 3.79. The van der Waals surface area contributed by atoms with Gasteiger partial charge in [-0.05, 0) is 30.3 Å². The zero-order valence-electron chi connectivity index (χ0n) is 12.7. The molecule has 0 fully saturated rings. The molecule has 126 valence electrons. The maximum Gasteiger partial charge on any atom is 0.231 e. The molecule has 0 bridgehead atoms. The van der Waals surface area contributed by atoms with Gasteiger partial charge in [0.2, 0.25) is 15.9 Å². The van der Waals surface area contributed by atoms with Crippen LogP contribution in [0.2, 0.25) is 0 Å². The van der Waals surface area contributed by atoms with Crippen molar-refractivity contribution in [3.8, 4) is 17.3 Å². The lowest BCUT2D eigenvalue weighted by Crippen LogP contribution is -2.27. The lowest BCUT2D eigenvalue weighted by molar-refractivity contribution is 0.306. The number of halogens is 1. The van der Waals surface area contributed by atoms with Crippen LogP contribution in [-0.2, 0) is 10.0 Å². The smallest absolute Gasteiger partial charge is 0.231 e. The van der Waals surface area contributed by atoms with Gasteiger partial charge in [-0.25, -0.2) is 17.5 Å². The van der Waals surface area contributed by atoms with Crippen molar-refractivity contribution >= 4 is 15.7 Å². The van der Waals surface area contributed by atoms with Crippen LogP contribution in [0.25, 0.3) is 17.0 Å². The molecule has 2 heterocycles. The van der Waals surface area contributed by atoms with E-state index >= 15 is 0 Å². The number of aromatic nitrogens is 4. The van der Waals surface area contributed by atoms with Crippen LogP contribution in [-0.4, -0.2) is 47.6 Å². The van der Waals surface area contributed by atoms with Gasteiger partial charge in [0.15, 0.2) is 11.5 Å². The standard InChI is InChI=1S/C14H14FN5O3S/c1-24(21,22)16-8-9-23-13-7-6-12-17-18-14(20(12)19-13)10-2-4-11(15)5-3-10/h2-7,16H,8-9H2,1H3. The number of sulfonamides is 1. The van der Waals surface area contributed by atoms with Crippen LogP contribution in [0.5, 0.6) is 5.88 Å². The third-order valence-electron chi connectivity index (χ3n) is 3.06. The fraction of sp³-hybridized carbons (Fsp3) is 0.214. The van der Waals surface area contributed by atoms with E-state index in [1.807, 2.05) is 0 Å². The zero-order valence-corrected chi connectivity index (χ0v) is 13.5.